The number of amides is 2. The van der Waals surface area contributed by atoms with E-state index < -0.39 is 0 Å². The highest BCUT2D eigenvalue weighted by Gasteiger charge is 2.29. The summed E-state index contributed by atoms with van der Waals surface area (Å²) < 4.78 is 10.7. The van der Waals surface area contributed by atoms with Crippen molar-refractivity contribution in [3.05, 3.63) is 95.1 Å². The minimum absolute atomic E-state index is 0.0154. The Morgan fingerprint density at radius 2 is 1.69 bits per heavy atom. The maximum Gasteiger partial charge on any atom is 0.310 e. The second-order valence-electron chi connectivity index (χ2n) is 9.84. The molecule has 1 aliphatic heterocycles. The van der Waals surface area contributed by atoms with Crippen LogP contribution in [0.15, 0.2) is 72.8 Å². The number of aryl methyl sites for hydroxylation is 1. The van der Waals surface area contributed by atoms with Crippen molar-refractivity contribution >= 4 is 23.5 Å². The van der Waals surface area contributed by atoms with Crippen LogP contribution < -0.4 is 9.64 Å². The summed E-state index contributed by atoms with van der Waals surface area (Å²) in [5, 5.41) is 0. The summed E-state index contributed by atoms with van der Waals surface area (Å²) in [6, 6.07) is 22.7. The molecule has 3 aromatic carbocycles. The van der Waals surface area contributed by atoms with Crippen molar-refractivity contribution in [3.8, 4) is 5.75 Å². The van der Waals surface area contributed by atoms with Gasteiger partial charge in [-0.3, -0.25) is 14.4 Å². The van der Waals surface area contributed by atoms with E-state index in [0.717, 1.165) is 35.2 Å². The van der Waals surface area contributed by atoms with Gasteiger partial charge < -0.3 is 19.3 Å². The minimum Gasteiger partial charge on any atom is -0.496 e. The fraction of sp³-hybridized carbons (Fsp3) is 0.344. The Kier molecular flexibility index (Phi) is 9.36. The fourth-order valence-corrected chi connectivity index (χ4v) is 4.87. The number of nitrogens with zero attached hydrogens (tertiary/aromatic N) is 2. The van der Waals surface area contributed by atoms with Crippen LogP contribution in [0.2, 0.25) is 0 Å². The summed E-state index contributed by atoms with van der Waals surface area (Å²) in [6.07, 6.45) is 1.76. The maximum atomic E-state index is 13.6. The zero-order valence-corrected chi connectivity index (χ0v) is 22.9. The van der Waals surface area contributed by atoms with Gasteiger partial charge >= 0.3 is 5.97 Å². The second kappa shape index (κ2) is 13.1. The van der Waals surface area contributed by atoms with Gasteiger partial charge in [0, 0.05) is 29.9 Å². The van der Waals surface area contributed by atoms with Crippen molar-refractivity contribution < 1.29 is 23.9 Å². The van der Waals surface area contributed by atoms with E-state index in [-0.39, 0.29) is 30.1 Å². The van der Waals surface area contributed by atoms with E-state index in [0.29, 0.717) is 37.6 Å². The van der Waals surface area contributed by atoms with Gasteiger partial charge in [-0.15, -0.1) is 0 Å². The van der Waals surface area contributed by atoms with Gasteiger partial charge in [0.1, 0.15) is 5.75 Å². The molecule has 1 aliphatic rings. The predicted octanol–water partition coefficient (Wildman–Crippen LogP) is 5.19. The average Bonchev–Trinajstić information content (AvgIpc) is 2.97. The van der Waals surface area contributed by atoms with Crippen molar-refractivity contribution in [3.63, 3.8) is 0 Å². The number of benzene rings is 3. The molecule has 0 aromatic heterocycles. The number of carbonyl (C=O) groups excluding carboxylic acids is 3. The molecule has 0 saturated carbocycles. The summed E-state index contributed by atoms with van der Waals surface area (Å²) in [5.41, 5.74) is 4.14. The SMILES string of the molecule is CCOC(=O)[C@H]1CCCN(C(=O)Cc2ccc(N(Cc3ccccc3OC)C(=O)c3ccc(C)cc3)cc2)C1. The van der Waals surface area contributed by atoms with Gasteiger partial charge in [0.25, 0.3) is 5.91 Å². The predicted molar refractivity (Wildman–Crippen MR) is 151 cm³/mol. The minimum atomic E-state index is -0.263. The first-order chi connectivity index (χ1) is 18.9. The first-order valence-corrected chi connectivity index (χ1v) is 13.4. The van der Waals surface area contributed by atoms with E-state index in [9.17, 15) is 14.4 Å². The lowest BCUT2D eigenvalue weighted by Gasteiger charge is -2.31. The summed E-state index contributed by atoms with van der Waals surface area (Å²) in [4.78, 5) is 42.3. The Hall–Kier alpha value is -4.13. The number of esters is 1. The van der Waals surface area contributed by atoms with Crippen LogP contribution in [-0.2, 0) is 27.3 Å². The molecule has 0 radical (unpaired) electrons. The molecule has 1 heterocycles. The highest BCUT2D eigenvalue weighted by Crippen LogP contribution is 2.26. The summed E-state index contributed by atoms with van der Waals surface area (Å²) in [5.74, 6) is 0.0829. The van der Waals surface area contributed by atoms with E-state index in [1.54, 1.807) is 23.8 Å². The molecule has 4 rings (SSSR count). The number of methoxy groups -OCH3 is 1. The molecule has 1 saturated heterocycles. The van der Waals surface area contributed by atoms with Crippen LogP contribution in [-0.4, -0.2) is 49.5 Å². The lowest BCUT2D eigenvalue weighted by molar-refractivity contribution is -0.151. The van der Waals surface area contributed by atoms with Crippen LogP contribution in [0.5, 0.6) is 5.75 Å². The average molecular weight is 529 g/mol. The number of para-hydroxylation sites is 1. The van der Waals surface area contributed by atoms with Crippen molar-refractivity contribution in [2.24, 2.45) is 5.92 Å². The topological polar surface area (TPSA) is 76.2 Å². The lowest BCUT2D eigenvalue weighted by Crippen LogP contribution is -2.43. The van der Waals surface area contributed by atoms with Crippen molar-refractivity contribution in [2.75, 3.05) is 31.7 Å². The van der Waals surface area contributed by atoms with Gasteiger partial charge in [0.2, 0.25) is 5.91 Å². The Morgan fingerprint density at radius 3 is 2.38 bits per heavy atom. The number of anilines is 1. The van der Waals surface area contributed by atoms with Crippen LogP contribution >= 0.6 is 0 Å². The number of ether oxygens (including phenoxy) is 2. The molecule has 7 nitrogen and oxygen atoms in total. The van der Waals surface area contributed by atoms with E-state index in [1.807, 2.05) is 79.7 Å². The zero-order valence-electron chi connectivity index (χ0n) is 22.9. The molecule has 204 valence electrons. The standard InChI is InChI=1S/C32H36N2O5/c1-4-39-32(37)27-9-7-19-33(21-27)30(35)20-24-13-17-28(18-14-24)34(22-26-8-5-6-10-29(26)38-3)31(36)25-15-11-23(2)12-16-25/h5-6,8,10-18,27H,4,7,9,19-22H2,1-3H3/t27-/m0/s1. The molecule has 0 spiro atoms. The molecule has 2 amide bonds. The number of carbonyl (C=O) groups is 3. The van der Waals surface area contributed by atoms with E-state index in [1.165, 1.54) is 0 Å². The third-order valence-corrected chi connectivity index (χ3v) is 7.06. The second-order valence-corrected chi connectivity index (χ2v) is 9.84. The third-order valence-electron chi connectivity index (χ3n) is 7.06. The van der Waals surface area contributed by atoms with Crippen LogP contribution in [0.3, 0.4) is 0 Å². The molecular formula is C32H36N2O5. The van der Waals surface area contributed by atoms with E-state index in [2.05, 4.69) is 0 Å². The van der Waals surface area contributed by atoms with Crippen LogP contribution in [0, 0.1) is 12.8 Å². The first kappa shape index (κ1) is 27.9. The molecule has 3 aromatic rings. The molecule has 0 unspecified atom stereocenters. The molecular weight excluding hydrogens is 492 g/mol. The highest BCUT2D eigenvalue weighted by atomic mass is 16.5. The number of hydrogen-bond acceptors (Lipinski definition) is 5. The molecule has 0 aliphatic carbocycles. The molecule has 0 N–H and O–H groups in total. The van der Waals surface area contributed by atoms with Gasteiger partial charge in [-0.1, -0.05) is 48.0 Å². The summed E-state index contributed by atoms with van der Waals surface area (Å²) in [6.45, 7) is 5.49. The van der Waals surface area contributed by atoms with Crippen LogP contribution in [0.25, 0.3) is 0 Å². The summed E-state index contributed by atoms with van der Waals surface area (Å²) in [7, 11) is 1.62. The third kappa shape index (κ3) is 7.05. The van der Waals surface area contributed by atoms with Crippen LogP contribution in [0.4, 0.5) is 5.69 Å². The smallest absolute Gasteiger partial charge is 0.310 e. The number of rotatable bonds is 9. The molecule has 1 fully saturated rings. The van der Waals surface area contributed by atoms with Crippen molar-refractivity contribution in [1.29, 1.82) is 0 Å². The molecule has 7 heteroatoms. The maximum absolute atomic E-state index is 13.6. The highest BCUT2D eigenvalue weighted by molar-refractivity contribution is 6.06. The normalized spacial score (nSPS) is 14.9. The van der Waals surface area contributed by atoms with Gasteiger partial charge in [-0.25, -0.2) is 0 Å². The number of likely N-dealkylation sites (tertiary alicyclic amines) is 1. The first-order valence-electron chi connectivity index (χ1n) is 13.4. The number of piperidine rings is 1. The molecule has 0 bridgehead atoms. The monoisotopic (exact) mass is 528 g/mol. The Balaban J connectivity index is 1.51. The van der Waals surface area contributed by atoms with Gasteiger partial charge in [-0.2, -0.15) is 0 Å². The Labute approximate surface area is 230 Å². The van der Waals surface area contributed by atoms with Crippen LogP contribution in [0.1, 0.15) is 46.8 Å². The van der Waals surface area contributed by atoms with Crippen molar-refractivity contribution in [2.45, 2.75) is 39.7 Å². The Bertz CT molecular complexity index is 1290. The number of hydrogen-bond donors (Lipinski definition) is 0. The quantitative estimate of drug-likeness (QED) is 0.357. The van der Waals surface area contributed by atoms with Crippen molar-refractivity contribution in [1.82, 2.24) is 4.90 Å². The molecule has 39 heavy (non-hydrogen) atoms. The molecule has 1 atom stereocenters. The van der Waals surface area contributed by atoms with Gasteiger partial charge in [0.15, 0.2) is 0 Å². The van der Waals surface area contributed by atoms with E-state index >= 15 is 0 Å². The summed E-state index contributed by atoms with van der Waals surface area (Å²) >= 11 is 0. The van der Waals surface area contributed by atoms with Gasteiger partial charge in [-0.05, 0) is 62.6 Å². The zero-order chi connectivity index (χ0) is 27.8. The fourth-order valence-electron chi connectivity index (χ4n) is 4.87. The Morgan fingerprint density at radius 1 is 0.974 bits per heavy atom. The van der Waals surface area contributed by atoms with E-state index in [4.69, 9.17) is 9.47 Å². The largest absolute Gasteiger partial charge is 0.496 e. The van der Waals surface area contributed by atoms with Gasteiger partial charge in [0.05, 0.1) is 32.6 Å². The lowest BCUT2D eigenvalue weighted by atomic mass is 9.97.